The second-order valence-corrected chi connectivity index (χ2v) is 4.85. The van der Waals surface area contributed by atoms with Crippen LogP contribution in [0, 0.1) is 0 Å². The van der Waals surface area contributed by atoms with Gasteiger partial charge in [-0.25, -0.2) is 0 Å². The highest BCUT2D eigenvalue weighted by molar-refractivity contribution is 7.27. The zero-order valence-corrected chi connectivity index (χ0v) is 10.5. The Morgan fingerprint density at radius 1 is 1.33 bits per heavy atom. The van der Waals surface area contributed by atoms with Gasteiger partial charge in [0, 0.05) is 5.02 Å². The van der Waals surface area contributed by atoms with Gasteiger partial charge in [0.2, 0.25) is 0 Å². The molecule has 1 aromatic carbocycles. The van der Waals surface area contributed by atoms with E-state index in [1.54, 1.807) is 0 Å². The van der Waals surface area contributed by atoms with Crippen molar-refractivity contribution in [3.05, 3.63) is 47.0 Å². The molecule has 1 unspecified atom stereocenters. The number of rotatable bonds is 2. The third kappa shape index (κ3) is 2.17. The Hall–Kier alpha value is -0.580. The van der Waals surface area contributed by atoms with Crippen molar-refractivity contribution in [1.82, 2.24) is 0 Å². The van der Waals surface area contributed by atoms with E-state index < -0.39 is 0 Å². The van der Waals surface area contributed by atoms with E-state index in [4.69, 9.17) is 11.6 Å². The average Bonchev–Trinajstić information content (AvgIpc) is 2.65. The normalized spacial score (nSPS) is 15.9. The summed E-state index contributed by atoms with van der Waals surface area (Å²) in [5, 5.41) is 1.97. The summed E-state index contributed by atoms with van der Waals surface area (Å²) in [7, 11) is 2.76. The molecule has 0 nitrogen and oxygen atoms in total. The quantitative estimate of drug-likeness (QED) is 0.682. The van der Waals surface area contributed by atoms with Crippen LogP contribution in [0.15, 0.2) is 36.4 Å². The van der Waals surface area contributed by atoms with Crippen LogP contribution in [-0.4, -0.2) is 0 Å². The molecule has 0 saturated heterocycles. The average molecular weight is 237 g/mol. The molecular weight excluding hydrogens is 223 g/mol. The van der Waals surface area contributed by atoms with Gasteiger partial charge in [0.25, 0.3) is 0 Å². The Morgan fingerprint density at radius 3 is 2.80 bits per heavy atom. The van der Waals surface area contributed by atoms with E-state index in [9.17, 15) is 0 Å². The van der Waals surface area contributed by atoms with Crippen LogP contribution in [0.4, 0.5) is 0 Å². The maximum atomic E-state index is 5.94. The standard InChI is InChI=1S/C13H14ClP/c1-2-9-4-3-5-11(9)12-7-6-10(14)8-13(12)15/h2,6-8H,1,3-5,15H2. The Balaban J connectivity index is 2.49. The van der Waals surface area contributed by atoms with Crippen molar-refractivity contribution in [2.75, 3.05) is 0 Å². The van der Waals surface area contributed by atoms with Crippen molar-refractivity contribution in [1.29, 1.82) is 0 Å². The summed E-state index contributed by atoms with van der Waals surface area (Å²) in [6.45, 7) is 3.87. The van der Waals surface area contributed by atoms with Crippen LogP contribution in [-0.2, 0) is 0 Å². The molecule has 2 heteroatoms. The van der Waals surface area contributed by atoms with Gasteiger partial charge in [-0.15, -0.1) is 9.24 Å². The monoisotopic (exact) mass is 236 g/mol. The number of benzene rings is 1. The molecule has 0 saturated carbocycles. The molecular formula is C13H14ClP. The fourth-order valence-corrected chi connectivity index (χ4v) is 2.84. The molecule has 1 aliphatic carbocycles. The SMILES string of the molecule is C=CC1=C(c2ccc(Cl)cc2P)CCC1. The molecule has 15 heavy (non-hydrogen) atoms. The molecule has 2 rings (SSSR count). The topological polar surface area (TPSA) is 0 Å². The highest BCUT2D eigenvalue weighted by atomic mass is 35.5. The van der Waals surface area contributed by atoms with E-state index >= 15 is 0 Å². The van der Waals surface area contributed by atoms with Crippen LogP contribution in [0.3, 0.4) is 0 Å². The van der Waals surface area contributed by atoms with Gasteiger partial charge in [-0.2, -0.15) is 0 Å². The molecule has 0 bridgehead atoms. The Morgan fingerprint density at radius 2 is 2.13 bits per heavy atom. The third-order valence-electron chi connectivity index (χ3n) is 2.85. The Kier molecular flexibility index (Phi) is 3.29. The first kappa shape index (κ1) is 10.9. The maximum Gasteiger partial charge on any atom is 0.0412 e. The van der Waals surface area contributed by atoms with Crippen LogP contribution >= 0.6 is 20.8 Å². The second-order valence-electron chi connectivity index (χ2n) is 3.79. The molecule has 0 radical (unpaired) electrons. The van der Waals surface area contributed by atoms with Crippen LogP contribution < -0.4 is 5.30 Å². The minimum absolute atomic E-state index is 0.794. The summed E-state index contributed by atoms with van der Waals surface area (Å²) in [4.78, 5) is 0. The number of hydrogen-bond acceptors (Lipinski definition) is 0. The Labute approximate surface area is 98.2 Å². The van der Waals surface area contributed by atoms with E-state index in [1.807, 2.05) is 18.2 Å². The lowest BCUT2D eigenvalue weighted by atomic mass is 10.0. The third-order valence-corrected chi connectivity index (χ3v) is 3.56. The molecule has 0 N–H and O–H groups in total. The summed E-state index contributed by atoms with van der Waals surface area (Å²) in [5.74, 6) is 0. The molecule has 0 amide bonds. The second kappa shape index (κ2) is 4.51. The van der Waals surface area contributed by atoms with Gasteiger partial charge in [0.15, 0.2) is 0 Å². The highest BCUT2D eigenvalue weighted by Gasteiger charge is 2.15. The first-order valence-corrected chi connectivity index (χ1v) is 6.08. The van der Waals surface area contributed by atoms with Crippen molar-refractivity contribution in [2.24, 2.45) is 0 Å². The summed E-state index contributed by atoms with van der Waals surface area (Å²) < 4.78 is 0. The first-order valence-electron chi connectivity index (χ1n) is 5.12. The van der Waals surface area contributed by atoms with Gasteiger partial charge in [-0.1, -0.05) is 30.3 Å². The minimum atomic E-state index is 0.794. The van der Waals surface area contributed by atoms with Crippen molar-refractivity contribution < 1.29 is 0 Å². The van der Waals surface area contributed by atoms with Gasteiger partial charge >= 0.3 is 0 Å². The molecule has 1 aromatic rings. The molecule has 0 aliphatic heterocycles. The Bertz CT molecular complexity index is 432. The van der Waals surface area contributed by atoms with Gasteiger partial charge in [0.05, 0.1) is 0 Å². The van der Waals surface area contributed by atoms with Crippen LogP contribution in [0.5, 0.6) is 0 Å². The lowest BCUT2D eigenvalue weighted by Crippen LogP contribution is -2.00. The zero-order chi connectivity index (χ0) is 10.8. The smallest absolute Gasteiger partial charge is 0.0412 e. The van der Waals surface area contributed by atoms with E-state index in [0.29, 0.717) is 0 Å². The summed E-state index contributed by atoms with van der Waals surface area (Å²) in [5.41, 5.74) is 4.13. The predicted molar refractivity (Wildman–Crippen MR) is 71.8 cm³/mol. The van der Waals surface area contributed by atoms with Crippen molar-refractivity contribution >= 4 is 31.7 Å². The summed E-state index contributed by atoms with van der Waals surface area (Å²) in [6.07, 6.45) is 5.54. The minimum Gasteiger partial charge on any atom is -0.105 e. The van der Waals surface area contributed by atoms with Crippen molar-refractivity contribution in [2.45, 2.75) is 19.3 Å². The molecule has 0 fully saturated rings. The van der Waals surface area contributed by atoms with E-state index in [2.05, 4.69) is 21.9 Å². The van der Waals surface area contributed by atoms with Gasteiger partial charge in [-0.3, -0.25) is 0 Å². The molecule has 0 heterocycles. The van der Waals surface area contributed by atoms with Gasteiger partial charge in [0.1, 0.15) is 0 Å². The molecule has 0 spiro atoms. The first-order chi connectivity index (χ1) is 7.22. The largest absolute Gasteiger partial charge is 0.105 e. The fraction of sp³-hybridized carbons (Fsp3) is 0.231. The lowest BCUT2D eigenvalue weighted by Gasteiger charge is -2.08. The molecule has 1 atom stereocenters. The predicted octanol–water partition coefficient (Wildman–Crippen LogP) is 3.96. The lowest BCUT2D eigenvalue weighted by molar-refractivity contribution is 0.921. The number of hydrogen-bond donors (Lipinski definition) is 0. The number of allylic oxidation sites excluding steroid dienone is 3. The van der Waals surface area contributed by atoms with Crippen LogP contribution in [0.2, 0.25) is 5.02 Å². The van der Waals surface area contributed by atoms with Gasteiger partial charge in [-0.05, 0) is 53.4 Å². The van der Waals surface area contributed by atoms with Crippen LogP contribution in [0.1, 0.15) is 24.8 Å². The highest BCUT2D eigenvalue weighted by Crippen LogP contribution is 2.34. The van der Waals surface area contributed by atoms with E-state index in [0.717, 1.165) is 17.9 Å². The van der Waals surface area contributed by atoms with Gasteiger partial charge < -0.3 is 0 Å². The summed E-state index contributed by atoms with van der Waals surface area (Å²) in [6, 6.07) is 6.05. The van der Waals surface area contributed by atoms with E-state index in [1.165, 1.54) is 28.4 Å². The zero-order valence-electron chi connectivity index (χ0n) is 8.59. The molecule has 0 aromatic heterocycles. The van der Waals surface area contributed by atoms with E-state index in [-0.39, 0.29) is 0 Å². The maximum absolute atomic E-state index is 5.94. The summed E-state index contributed by atoms with van der Waals surface area (Å²) >= 11 is 5.94. The van der Waals surface area contributed by atoms with Crippen LogP contribution in [0.25, 0.3) is 5.57 Å². The van der Waals surface area contributed by atoms with Crippen molar-refractivity contribution in [3.8, 4) is 0 Å². The fourth-order valence-electron chi connectivity index (χ4n) is 2.11. The molecule has 1 aliphatic rings. The number of halogens is 1. The van der Waals surface area contributed by atoms with Crippen molar-refractivity contribution in [3.63, 3.8) is 0 Å². The molecule has 78 valence electrons.